The molecule has 0 aliphatic heterocycles. The fourth-order valence-corrected chi connectivity index (χ4v) is 2.74. The number of hydrogen-bond donors (Lipinski definition) is 2. The number of rotatable bonds is 8. The Hall–Kier alpha value is -3.08. The molecule has 5 nitrogen and oxygen atoms in total. The Labute approximate surface area is 154 Å². The molecule has 5 heteroatoms. The first-order chi connectivity index (χ1) is 12.7. The van der Waals surface area contributed by atoms with Crippen molar-refractivity contribution in [2.45, 2.75) is 19.4 Å². The van der Waals surface area contributed by atoms with Crippen LogP contribution in [0.15, 0.2) is 67.0 Å². The summed E-state index contributed by atoms with van der Waals surface area (Å²) in [7, 11) is 1.68. The Morgan fingerprint density at radius 3 is 2.58 bits per heavy atom. The van der Waals surface area contributed by atoms with Crippen LogP contribution in [-0.2, 0) is 6.42 Å². The lowest BCUT2D eigenvalue weighted by molar-refractivity contribution is 0.414. The number of hydrogen-bond acceptors (Lipinski definition) is 5. The van der Waals surface area contributed by atoms with Crippen molar-refractivity contribution in [2.75, 3.05) is 24.3 Å². The summed E-state index contributed by atoms with van der Waals surface area (Å²) in [5, 5.41) is 6.77. The number of ether oxygens (including phenoxy) is 1. The van der Waals surface area contributed by atoms with Crippen LogP contribution in [0.5, 0.6) is 5.75 Å². The number of anilines is 2. The monoisotopic (exact) mass is 348 g/mol. The quantitative estimate of drug-likeness (QED) is 0.635. The third-order valence-corrected chi connectivity index (χ3v) is 4.18. The molecule has 2 aromatic carbocycles. The molecule has 3 aromatic rings. The van der Waals surface area contributed by atoms with Crippen molar-refractivity contribution < 1.29 is 4.74 Å². The van der Waals surface area contributed by atoms with Gasteiger partial charge in [0.15, 0.2) is 0 Å². The minimum atomic E-state index is 0.177. The van der Waals surface area contributed by atoms with Crippen LogP contribution in [0.4, 0.5) is 11.6 Å². The first-order valence-electron chi connectivity index (χ1n) is 8.75. The van der Waals surface area contributed by atoms with Crippen molar-refractivity contribution in [1.29, 1.82) is 0 Å². The Bertz CT molecular complexity index is 823. The normalized spacial score (nSPS) is 11.6. The Morgan fingerprint density at radius 2 is 1.77 bits per heavy atom. The van der Waals surface area contributed by atoms with Gasteiger partial charge in [0.2, 0.25) is 0 Å². The predicted octanol–water partition coefficient (Wildman–Crippen LogP) is 4.31. The molecule has 1 unspecified atom stereocenters. The molecule has 0 aliphatic rings. The van der Waals surface area contributed by atoms with Gasteiger partial charge in [-0.3, -0.25) is 0 Å². The smallest absolute Gasteiger partial charge is 0.131 e. The zero-order valence-electron chi connectivity index (χ0n) is 15.1. The van der Waals surface area contributed by atoms with Crippen LogP contribution >= 0.6 is 0 Å². The average molecular weight is 348 g/mol. The molecule has 0 fully saturated rings. The van der Waals surface area contributed by atoms with E-state index in [1.165, 1.54) is 11.1 Å². The molecule has 2 N–H and O–H groups in total. The van der Waals surface area contributed by atoms with Crippen LogP contribution < -0.4 is 15.4 Å². The minimum absolute atomic E-state index is 0.177. The van der Waals surface area contributed by atoms with Gasteiger partial charge >= 0.3 is 0 Å². The first kappa shape index (κ1) is 17.7. The van der Waals surface area contributed by atoms with Gasteiger partial charge in [0, 0.05) is 18.7 Å². The number of aromatic nitrogens is 2. The van der Waals surface area contributed by atoms with Crippen LogP contribution in [0.25, 0.3) is 0 Å². The largest absolute Gasteiger partial charge is 0.497 e. The first-order valence-corrected chi connectivity index (χ1v) is 8.75. The fourth-order valence-electron chi connectivity index (χ4n) is 2.74. The standard InChI is InChI=1S/C21H24N4O/c1-16(18-8-4-3-5-9-18)25-21-14-20(23-15-24-21)22-12-11-17-7-6-10-19(13-17)26-2/h3-10,13-16H,11-12H2,1-2H3,(H2,22,23,24,25). The van der Waals surface area contributed by atoms with Crippen molar-refractivity contribution >= 4 is 11.6 Å². The highest BCUT2D eigenvalue weighted by Crippen LogP contribution is 2.19. The molecule has 0 radical (unpaired) electrons. The highest BCUT2D eigenvalue weighted by molar-refractivity contribution is 5.48. The number of nitrogens with zero attached hydrogens (tertiary/aromatic N) is 2. The van der Waals surface area contributed by atoms with Gasteiger partial charge in [-0.05, 0) is 36.6 Å². The van der Waals surface area contributed by atoms with Gasteiger partial charge in [0.25, 0.3) is 0 Å². The van der Waals surface area contributed by atoms with Crippen LogP contribution in [0.3, 0.4) is 0 Å². The van der Waals surface area contributed by atoms with Crippen LogP contribution in [0.1, 0.15) is 24.1 Å². The van der Waals surface area contributed by atoms with Crippen LogP contribution in [0.2, 0.25) is 0 Å². The Morgan fingerprint density at radius 1 is 0.962 bits per heavy atom. The van der Waals surface area contributed by atoms with E-state index in [0.717, 1.165) is 30.4 Å². The second-order valence-electron chi connectivity index (χ2n) is 6.09. The van der Waals surface area contributed by atoms with E-state index >= 15 is 0 Å². The lowest BCUT2D eigenvalue weighted by Crippen LogP contribution is -2.10. The van der Waals surface area contributed by atoms with Gasteiger partial charge < -0.3 is 15.4 Å². The Kier molecular flexibility index (Phi) is 6.04. The molecular weight excluding hydrogens is 324 g/mol. The van der Waals surface area contributed by atoms with E-state index < -0.39 is 0 Å². The molecule has 1 heterocycles. The maximum absolute atomic E-state index is 5.26. The molecule has 0 bridgehead atoms. The van der Waals surface area contributed by atoms with Crippen LogP contribution in [0, 0.1) is 0 Å². The third kappa shape index (κ3) is 4.96. The molecule has 0 saturated carbocycles. The summed E-state index contributed by atoms with van der Waals surface area (Å²) in [5.74, 6) is 2.50. The number of nitrogens with one attached hydrogen (secondary N) is 2. The average Bonchev–Trinajstić information content (AvgIpc) is 2.69. The maximum atomic E-state index is 5.26. The van der Waals surface area contributed by atoms with Gasteiger partial charge in [0.1, 0.15) is 23.7 Å². The summed E-state index contributed by atoms with van der Waals surface area (Å²) in [6.45, 7) is 2.91. The van der Waals surface area contributed by atoms with E-state index in [9.17, 15) is 0 Å². The van der Waals surface area contributed by atoms with E-state index in [-0.39, 0.29) is 6.04 Å². The molecule has 0 aliphatic carbocycles. The van der Waals surface area contributed by atoms with Crippen molar-refractivity contribution in [3.8, 4) is 5.75 Å². The lowest BCUT2D eigenvalue weighted by Gasteiger charge is -2.15. The molecule has 26 heavy (non-hydrogen) atoms. The molecule has 0 spiro atoms. The van der Waals surface area contributed by atoms with Crippen LogP contribution in [-0.4, -0.2) is 23.6 Å². The molecule has 1 atom stereocenters. The summed E-state index contributed by atoms with van der Waals surface area (Å²) < 4.78 is 5.26. The highest BCUT2D eigenvalue weighted by Gasteiger charge is 2.06. The van der Waals surface area contributed by atoms with Crippen molar-refractivity contribution in [3.63, 3.8) is 0 Å². The van der Waals surface area contributed by atoms with E-state index in [4.69, 9.17) is 4.74 Å². The summed E-state index contributed by atoms with van der Waals surface area (Å²) >= 11 is 0. The highest BCUT2D eigenvalue weighted by atomic mass is 16.5. The molecule has 134 valence electrons. The third-order valence-electron chi connectivity index (χ3n) is 4.18. The zero-order chi connectivity index (χ0) is 18.2. The second-order valence-corrected chi connectivity index (χ2v) is 6.09. The van der Waals surface area contributed by atoms with E-state index in [1.807, 2.05) is 36.4 Å². The number of benzene rings is 2. The molecule has 1 aromatic heterocycles. The van der Waals surface area contributed by atoms with Gasteiger partial charge in [-0.15, -0.1) is 0 Å². The lowest BCUT2D eigenvalue weighted by atomic mass is 10.1. The number of methoxy groups -OCH3 is 1. The molecule has 0 saturated heterocycles. The maximum Gasteiger partial charge on any atom is 0.131 e. The summed E-state index contributed by atoms with van der Waals surface area (Å²) in [5.41, 5.74) is 2.45. The fraction of sp³-hybridized carbons (Fsp3) is 0.238. The molecule has 0 amide bonds. The second kappa shape index (κ2) is 8.85. The van der Waals surface area contributed by atoms with Gasteiger partial charge in [-0.1, -0.05) is 42.5 Å². The van der Waals surface area contributed by atoms with Gasteiger partial charge in [-0.25, -0.2) is 9.97 Å². The molecule has 3 rings (SSSR count). The topological polar surface area (TPSA) is 59.1 Å². The molecular formula is C21H24N4O. The predicted molar refractivity (Wildman–Crippen MR) is 106 cm³/mol. The van der Waals surface area contributed by atoms with E-state index in [2.05, 4.69) is 51.8 Å². The summed E-state index contributed by atoms with van der Waals surface area (Å²) in [4.78, 5) is 8.61. The summed E-state index contributed by atoms with van der Waals surface area (Å²) in [6, 6.07) is 20.5. The van der Waals surface area contributed by atoms with Crippen molar-refractivity contribution in [3.05, 3.63) is 78.1 Å². The SMILES string of the molecule is COc1cccc(CCNc2cc(NC(C)c3ccccc3)ncn2)c1. The minimum Gasteiger partial charge on any atom is -0.497 e. The van der Waals surface area contributed by atoms with Gasteiger partial charge in [0.05, 0.1) is 7.11 Å². The van der Waals surface area contributed by atoms with Crippen molar-refractivity contribution in [2.24, 2.45) is 0 Å². The van der Waals surface area contributed by atoms with E-state index in [1.54, 1.807) is 13.4 Å². The van der Waals surface area contributed by atoms with E-state index in [0.29, 0.717) is 0 Å². The van der Waals surface area contributed by atoms with Crippen molar-refractivity contribution in [1.82, 2.24) is 9.97 Å². The van der Waals surface area contributed by atoms with Gasteiger partial charge in [-0.2, -0.15) is 0 Å². The zero-order valence-corrected chi connectivity index (χ0v) is 15.1. The Balaban J connectivity index is 1.55. The summed E-state index contributed by atoms with van der Waals surface area (Å²) in [6.07, 6.45) is 2.47.